The third kappa shape index (κ3) is 3.14. The Balaban J connectivity index is 2.05. The zero-order chi connectivity index (χ0) is 12.5. The van der Waals surface area contributed by atoms with E-state index in [4.69, 9.17) is 5.73 Å². The zero-order valence-corrected chi connectivity index (χ0v) is 11.6. The maximum atomic E-state index is 11.5. The number of hydrogen-bond acceptors (Lipinski definition) is 4. The molecular weight excluding hydrogens is 234 g/mol. The van der Waals surface area contributed by atoms with Crippen LogP contribution in [0.3, 0.4) is 0 Å². The van der Waals surface area contributed by atoms with Crippen LogP contribution in [0.25, 0.3) is 0 Å². The molecule has 0 aromatic carbocycles. The molecule has 2 saturated heterocycles. The number of thioether (sulfide) groups is 1. The molecule has 2 heterocycles. The molecule has 5 heteroatoms. The van der Waals surface area contributed by atoms with Crippen molar-refractivity contribution in [1.82, 2.24) is 10.2 Å². The predicted molar refractivity (Wildman–Crippen MR) is 72.1 cm³/mol. The van der Waals surface area contributed by atoms with E-state index in [1.807, 2.05) is 11.8 Å². The van der Waals surface area contributed by atoms with Gasteiger partial charge in [0.1, 0.15) is 6.04 Å². The molecule has 0 spiro atoms. The molecule has 17 heavy (non-hydrogen) atoms. The number of amides is 1. The smallest absolute Gasteiger partial charge is 0.236 e. The van der Waals surface area contributed by atoms with Gasteiger partial charge in [-0.3, -0.25) is 9.69 Å². The molecule has 2 aliphatic rings. The topological polar surface area (TPSA) is 58.4 Å². The summed E-state index contributed by atoms with van der Waals surface area (Å²) in [7, 11) is 0. The minimum Gasteiger partial charge on any atom is -0.368 e. The summed E-state index contributed by atoms with van der Waals surface area (Å²) in [6.07, 6.45) is 1.17. The molecule has 2 aliphatic heterocycles. The molecule has 0 aromatic heterocycles. The Morgan fingerprint density at radius 2 is 2.29 bits per heavy atom. The third-order valence-electron chi connectivity index (χ3n) is 3.67. The fourth-order valence-electron chi connectivity index (χ4n) is 2.86. The molecule has 4 nitrogen and oxygen atoms in total. The second-order valence-electron chi connectivity index (χ2n) is 5.90. The molecular formula is C12H23N3OS. The molecule has 98 valence electrons. The second-order valence-corrected chi connectivity index (χ2v) is 6.93. The van der Waals surface area contributed by atoms with Crippen LogP contribution in [0.2, 0.25) is 0 Å². The number of piperazine rings is 1. The van der Waals surface area contributed by atoms with Gasteiger partial charge >= 0.3 is 0 Å². The van der Waals surface area contributed by atoms with E-state index in [1.54, 1.807) is 0 Å². The fourth-order valence-corrected chi connectivity index (χ4v) is 4.23. The number of rotatable bonds is 2. The van der Waals surface area contributed by atoms with Gasteiger partial charge in [0.2, 0.25) is 5.91 Å². The number of hydrogen-bond donors (Lipinski definition) is 2. The first-order valence-electron chi connectivity index (χ1n) is 6.33. The average Bonchev–Trinajstić information content (AvgIpc) is 2.27. The zero-order valence-electron chi connectivity index (χ0n) is 10.7. The first-order chi connectivity index (χ1) is 7.99. The molecule has 1 amide bonds. The number of primary amides is 1. The SMILES string of the molecule is CC1(C)CSCC(N2CCNCC2C(N)=O)C1. The summed E-state index contributed by atoms with van der Waals surface area (Å²) < 4.78 is 0. The van der Waals surface area contributed by atoms with Gasteiger partial charge in [-0.05, 0) is 17.6 Å². The van der Waals surface area contributed by atoms with Gasteiger partial charge in [0.05, 0.1) is 0 Å². The summed E-state index contributed by atoms with van der Waals surface area (Å²) in [6, 6.07) is 0.381. The summed E-state index contributed by atoms with van der Waals surface area (Å²) in [4.78, 5) is 13.8. The Morgan fingerprint density at radius 3 is 2.94 bits per heavy atom. The monoisotopic (exact) mass is 257 g/mol. The van der Waals surface area contributed by atoms with Gasteiger partial charge in [-0.15, -0.1) is 0 Å². The summed E-state index contributed by atoms with van der Waals surface area (Å²) >= 11 is 2.00. The molecule has 0 aliphatic carbocycles. The highest BCUT2D eigenvalue weighted by atomic mass is 32.2. The number of nitrogens with two attached hydrogens (primary N) is 1. The molecule has 0 aromatic rings. The van der Waals surface area contributed by atoms with Gasteiger partial charge in [0, 0.05) is 31.4 Å². The molecule has 3 N–H and O–H groups in total. The van der Waals surface area contributed by atoms with Crippen LogP contribution in [0.5, 0.6) is 0 Å². The van der Waals surface area contributed by atoms with E-state index in [1.165, 1.54) is 12.2 Å². The van der Waals surface area contributed by atoms with Crippen molar-refractivity contribution in [2.45, 2.75) is 32.4 Å². The van der Waals surface area contributed by atoms with Gasteiger partial charge in [-0.25, -0.2) is 0 Å². The van der Waals surface area contributed by atoms with Crippen molar-refractivity contribution in [2.24, 2.45) is 11.1 Å². The van der Waals surface area contributed by atoms with E-state index < -0.39 is 0 Å². The van der Waals surface area contributed by atoms with E-state index >= 15 is 0 Å². The van der Waals surface area contributed by atoms with Crippen LogP contribution in [0.4, 0.5) is 0 Å². The summed E-state index contributed by atoms with van der Waals surface area (Å²) in [5, 5.41) is 3.26. The van der Waals surface area contributed by atoms with Gasteiger partial charge in [-0.2, -0.15) is 11.8 Å². The van der Waals surface area contributed by atoms with Crippen LogP contribution in [0.1, 0.15) is 20.3 Å². The highest BCUT2D eigenvalue weighted by Gasteiger charge is 2.37. The van der Waals surface area contributed by atoms with Gasteiger partial charge < -0.3 is 11.1 Å². The van der Waals surface area contributed by atoms with Crippen LogP contribution in [-0.4, -0.2) is 54.0 Å². The Labute approximate surface area is 108 Å². The predicted octanol–water partition coefficient (Wildman–Crippen LogP) is 0.277. The van der Waals surface area contributed by atoms with Crippen LogP contribution in [-0.2, 0) is 4.79 Å². The molecule has 2 atom stereocenters. The Morgan fingerprint density at radius 1 is 1.53 bits per heavy atom. The second kappa shape index (κ2) is 5.16. The van der Waals surface area contributed by atoms with Crippen LogP contribution in [0, 0.1) is 5.41 Å². The van der Waals surface area contributed by atoms with Crippen molar-refractivity contribution in [3.05, 3.63) is 0 Å². The highest BCUT2D eigenvalue weighted by Crippen LogP contribution is 2.36. The maximum absolute atomic E-state index is 11.5. The lowest BCUT2D eigenvalue weighted by Gasteiger charge is -2.45. The maximum Gasteiger partial charge on any atom is 0.236 e. The van der Waals surface area contributed by atoms with Crippen molar-refractivity contribution in [2.75, 3.05) is 31.1 Å². The number of carbonyl (C=O) groups is 1. The minimum absolute atomic E-state index is 0.122. The number of nitrogens with one attached hydrogen (secondary N) is 1. The van der Waals surface area contributed by atoms with Crippen LogP contribution < -0.4 is 11.1 Å². The summed E-state index contributed by atoms with van der Waals surface area (Å²) in [6.45, 7) is 7.23. The molecule has 2 unspecified atom stereocenters. The molecule has 0 bridgehead atoms. The van der Waals surface area contributed by atoms with E-state index in [2.05, 4.69) is 24.1 Å². The lowest BCUT2D eigenvalue weighted by atomic mass is 9.86. The summed E-state index contributed by atoms with van der Waals surface area (Å²) in [5.74, 6) is 2.16. The van der Waals surface area contributed by atoms with Gasteiger partial charge in [0.25, 0.3) is 0 Å². The molecule has 2 rings (SSSR count). The van der Waals surface area contributed by atoms with Crippen LogP contribution >= 0.6 is 11.8 Å². The summed E-state index contributed by atoms with van der Waals surface area (Å²) in [5.41, 5.74) is 5.88. The van der Waals surface area contributed by atoms with Crippen LogP contribution in [0.15, 0.2) is 0 Å². The van der Waals surface area contributed by atoms with E-state index in [0.717, 1.165) is 18.8 Å². The molecule has 0 saturated carbocycles. The first kappa shape index (κ1) is 13.2. The van der Waals surface area contributed by atoms with E-state index in [-0.39, 0.29) is 11.9 Å². The van der Waals surface area contributed by atoms with Gasteiger partial charge in [0.15, 0.2) is 0 Å². The van der Waals surface area contributed by atoms with Crippen molar-refractivity contribution >= 4 is 17.7 Å². The quantitative estimate of drug-likeness (QED) is 0.746. The normalized spacial score (nSPS) is 34.5. The van der Waals surface area contributed by atoms with Crippen molar-refractivity contribution in [3.8, 4) is 0 Å². The van der Waals surface area contributed by atoms with Crippen molar-refractivity contribution in [1.29, 1.82) is 0 Å². The van der Waals surface area contributed by atoms with E-state index in [9.17, 15) is 4.79 Å². The third-order valence-corrected chi connectivity index (χ3v) is 5.28. The Kier molecular flexibility index (Phi) is 4.00. The standard InChI is InChI=1S/C12H23N3OS/c1-12(2)5-9(7-17-8-12)15-4-3-14-6-10(15)11(13)16/h9-10,14H,3-8H2,1-2H3,(H2,13,16). The van der Waals surface area contributed by atoms with Crippen molar-refractivity contribution in [3.63, 3.8) is 0 Å². The minimum atomic E-state index is -0.189. The first-order valence-corrected chi connectivity index (χ1v) is 7.49. The fraction of sp³-hybridized carbons (Fsp3) is 0.917. The molecule has 2 fully saturated rings. The molecule has 0 radical (unpaired) electrons. The largest absolute Gasteiger partial charge is 0.368 e. The Hall–Kier alpha value is -0.260. The van der Waals surface area contributed by atoms with E-state index in [0.29, 0.717) is 18.0 Å². The number of carbonyl (C=O) groups excluding carboxylic acids is 1. The van der Waals surface area contributed by atoms with Gasteiger partial charge in [-0.1, -0.05) is 13.8 Å². The lowest BCUT2D eigenvalue weighted by Crippen LogP contribution is -2.61. The lowest BCUT2D eigenvalue weighted by molar-refractivity contribution is -0.125. The highest BCUT2D eigenvalue weighted by molar-refractivity contribution is 7.99. The van der Waals surface area contributed by atoms with Crippen molar-refractivity contribution < 1.29 is 4.79 Å². The Bertz CT molecular complexity index is 295. The number of nitrogens with zero attached hydrogens (tertiary/aromatic N) is 1. The average molecular weight is 257 g/mol.